The molecule has 2 heterocycles. The first kappa shape index (κ1) is 15.7. The van der Waals surface area contributed by atoms with Gasteiger partial charge in [0.1, 0.15) is 11.3 Å². The fourth-order valence-electron chi connectivity index (χ4n) is 4.21. The first-order valence-corrected chi connectivity index (χ1v) is 8.05. The summed E-state index contributed by atoms with van der Waals surface area (Å²) in [6.45, 7) is 0.788. The van der Waals surface area contributed by atoms with Gasteiger partial charge in [-0.2, -0.15) is 0 Å². The molecule has 0 radical (unpaired) electrons. The van der Waals surface area contributed by atoms with Crippen molar-refractivity contribution < 1.29 is 14.3 Å². The normalized spacial score (nSPS) is 26.4. The van der Waals surface area contributed by atoms with Crippen LogP contribution in [0, 0.1) is 5.41 Å². The molecule has 3 fully saturated rings. The van der Waals surface area contributed by atoms with E-state index in [1.807, 2.05) is 12.3 Å². The van der Waals surface area contributed by atoms with E-state index in [4.69, 9.17) is 5.53 Å². The Balaban J connectivity index is 1.49. The highest BCUT2D eigenvalue weighted by Crippen LogP contribution is 2.69. The van der Waals surface area contributed by atoms with Gasteiger partial charge in [0.25, 0.3) is 0 Å². The number of halogens is 1. The molecule has 130 valence electrons. The first-order valence-electron chi connectivity index (χ1n) is 8.05. The minimum absolute atomic E-state index is 0.158. The molecule has 3 saturated carbocycles. The number of carbonyl (C=O) groups is 1. The maximum atomic E-state index is 13.7. The van der Waals surface area contributed by atoms with Gasteiger partial charge in [0.05, 0.1) is 18.8 Å². The molecule has 0 atom stereocenters. The fraction of sp³-hybridized carbons (Fsp3) is 0.500. The maximum Gasteiger partial charge on any atom is 0.407 e. The Morgan fingerprint density at radius 2 is 2.20 bits per heavy atom. The largest absolute Gasteiger partial charge is 0.465 e. The molecular weight excluding hydrogens is 327 g/mol. The third-order valence-electron chi connectivity index (χ3n) is 5.10. The standard InChI is InChI=1S/C16H17FN6O2/c17-16-7-15(8-16,9-16)10-23(14(24)25)5-11-1-2-13-20-12(3-19-21-18)6-22(13)4-11/h1-2,4,6H,3,5,7-10H2,(H,24,25). The topological polar surface area (TPSA) is 107 Å². The second-order valence-corrected chi connectivity index (χ2v) is 7.24. The number of amides is 1. The molecule has 2 aromatic heterocycles. The summed E-state index contributed by atoms with van der Waals surface area (Å²) in [4.78, 5) is 20.0. The summed E-state index contributed by atoms with van der Waals surface area (Å²) >= 11 is 0. The summed E-state index contributed by atoms with van der Waals surface area (Å²) in [6, 6.07) is 3.63. The summed E-state index contributed by atoms with van der Waals surface area (Å²) < 4.78 is 15.4. The first-order chi connectivity index (χ1) is 11.9. The Kier molecular flexibility index (Phi) is 3.36. The van der Waals surface area contributed by atoms with Crippen molar-refractivity contribution in [3.63, 3.8) is 0 Å². The number of hydrogen-bond donors (Lipinski definition) is 1. The third-order valence-corrected chi connectivity index (χ3v) is 5.10. The molecule has 2 bridgehead atoms. The predicted octanol–water partition coefficient (Wildman–Crippen LogP) is 3.52. The molecule has 25 heavy (non-hydrogen) atoms. The van der Waals surface area contributed by atoms with Crippen molar-refractivity contribution in [2.45, 2.75) is 38.0 Å². The van der Waals surface area contributed by atoms with Crippen LogP contribution in [0.2, 0.25) is 0 Å². The summed E-state index contributed by atoms with van der Waals surface area (Å²) in [5.74, 6) is 0. The highest BCUT2D eigenvalue weighted by molar-refractivity contribution is 5.65. The highest BCUT2D eigenvalue weighted by Gasteiger charge is 2.69. The zero-order chi connectivity index (χ0) is 17.7. The van der Waals surface area contributed by atoms with Crippen LogP contribution in [0.5, 0.6) is 0 Å². The monoisotopic (exact) mass is 344 g/mol. The van der Waals surface area contributed by atoms with Crippen molar-refractivity contribution in [3.05, 3.63) is 46.2 Å². The average Bonchev–Trinajstić information content (AvgIpc) is 2.91. The quantitative estimate of drug-likeness (QED) is 0.492. The third kappa shape index (κ3) is 2.76. The Bertz CT molecular complexity index is 883. The molecule has 8 nitrogen and oxygen atoms in total. The van der Waals surface area contributed by atoms with Crippen LogP contribution >= 0.6 is 0 Å². The van der Waals surface area contributed by atoms with E-state index in [0.29, 0.717) is 37.1 Å². The Morgan fingerprint density at radius 1 is 1.44 bits per heavy atom. The molecule has 9 heteroatoms. The molecule has 2 aromatic rings. The lowest BCUT2D eigenvalue weighted by Gasteiger charge is -2.66. The van der Waals surface area contributed by atoms with Crippen molar-refractivity contribution in [3.8, 4) is 0 Å². The van der Waals surface area contributed by atoms with Crippen LogP contribution in [0.3, 0.4) is 0 Å². The number of pyridine rings is 1. The number of hydrogen-bond acceptors (Lipinski definition) is 3. The average molecular weight is 344 g/mol. The van der Waals surface area contributed by atoms with Crippen LogP contribution in [0.1, 0.15) is 30.5 Å². The Labute approximate surface area is 142 Å². The van der Waals surface area contributed by atoms with Gasteiger partial charge in [0.15, 0.2) is 0 Å². The molecule has 0 aliphatic heterocycles. The van der Waals surface area contributed by atoms with Crippen LogP contribution < -0.4 is 0 Å². The highest BCUT2D eigenvalue weighted by atomic mass is 19.1. The number of rotatable bonds is 6. The number of aromatic nitrogens is 2. The van der Waals surface area contributed by atoms with Crippen LogP contribution in [0.15, 0.2) is 29.6 Å². The van der Waals surface area contributed by atoms with Crippen molar-refractivity contribution in [1.29, 1.82) is 0 Å². The number of carboxylic acid groups (broad SMARTS) is 1. The van der Waals surface area contributed by atoms with Crippen LogP contribution in [-0.4, -0.2) is 37.7 Å². The van der Waals surface area contributed by atoms with Gasteiger partial charge in [-0.3, -0.25) is 0 Å². The lowest BCUT2D eigenvalue weighted by Crippen LogP contribution is -2.68. The summed E-state index contributed by atoms with van der Waals surface area (Å²) in [5.41, 5.74) is 9.36. The molecule has 3 aliphatic rings. The number of alkyl halides is 1. The molecule has 5 rings (SSSR count). The molecule has 0 unspecified atom stereocenters. The van der Waals surface area contributed by atoms with E-state index in [-0.39, 0.29) is 18.5 Å². The molecule has 0 saturated heterocycles. The number of imidazole rings is 1. The predicted molar refractivity (Wildman–Crippen MR) is 86.6 cm³/mol. The second kappa shape index (κ2) is 5.35. The van der Waals surface area contributed by atoms with Crippen LogP contribution in [0.4, 0.5) is 9.18 Å². The van der Waals surface area contributed by atoms with E-state index in [0.717, 1.165) is 5.56 Å². The number of fused-ring (bicyclic) bond motifs is 1. The second-order valence-electron chi connectivity index (χ2n) is 7.24. The van der Waals surface area contributed by atoms with E-state index >= 15 is 0 Å². The van der Waals surface area contributed by atoms with Gasteiger partial charge in [-0.25, -0.2) is 14.2 Å². The SMILES string of the molecule is [N-]=[N+]=NCc1cn2cc(CN(CC34CC(F)(C3)C4)C(=O)O)ccc2n1. The van der Waals surface area contributed by atoms with Gasteiger partial charge in [0.2, 0.25) is 0 Å². The molecule has 1 amide bonds. The molecule has 3 aliphatic carbocycles. The van der Waals surface area contributed by atoms with Gasteiger partial charge in [-0.05, 0) is 41.8 Å². The molecule has 1 N–H and O–H groups in total. The maximum absolute atomic E-state index is 13.7. The van der Waals surface area contributed by atoms with Crippen molar-refractivity contribution >= 4 is 11.7 Å². The zero-order valence-corrected chi connectivity index (χ0v) is 13.5. The molecule has 0 aromatic carbocycles. The van der Waals surface area contributed by atoms with E-state index < -0.39 is 11.8 Å². The van der Waals surface area contributed by atoms with E-state index in [1.165, 1.54) is 4.90 Å². The van der Waals surface area contributed by atoms with E-state index in [9.17, 15) is 14.3 Å². The summed E-state index contributed by atoms with van der Waals surface area (Å²) in [6.07, 6.45) is 4.02. The van der Waals surface area contributed by atoms with E-state index in [1.54, 1.807) is 16.7 Å². The molecule has 0 spiro atoms. The van der Waals surface area contributed by atoms with Crippen LogP contribution in [-0.2, 0) is 13.1 Å². The summed E-state index contributed by atoms with van der Waals surface area (Å²) in [5, 5.41) is 13.0. The fourth-order valence-corrected chi connectivity index (χ4v) is 4.21. The van der Waals surface area contributed by atoms with Crippen LogP contribution in [0.25, 0.3) is 16.1 Å². The summed E-state index contributed by atoms with van der Waals surface area (Å²) in [7, 11) is 0. The van der Waals surface area contributed by atoms with Crippen molar-refractivity contribution in [2.24, 2.45) is 10.5 Å². The number of azide groups is 1. The minimum atomic E-state index is -1.03. The van der Waals surface area contributed by atoms with Crippen molar-refractivity contribution in [2.75, 3.05) is 6.54 Å². The Hall–Kier alpha value is -2.80. The van der Waals surface area contributed by atoms with Gasteiger partial charge in [-0.1, -0.05) is 11.2 Å². The Morgan fingerprint density at radius 3 is 2.84 bits per heavy atom. The lowest BCUT2D eigenvalue weighted by molar-refractivity contribution is -0.219. The molecular formula is C16H17FN6O2. The van der Waals surface area contributed by atoms with E-state index in [2.05, 4.69) is 15.0 Å². The van der Waals surface area contributed by atoms with Gasteiger partial charge in [0, 0.05) is 23.9 Å². The van der Waals surface area contributed by atoms with Gasteiger partial charge < -0.3 is 14.4 Å². The van der Waals surface area contributed by atoms with Gasteiger partial charge in [-0.15, -0.1) is 0 Å². The smallest absolute Gasteiger partial charge is 0.407 e. The number of nitrogens with zero attached hydrogens (tertiary/aromatic N) is 6. The zero-order valence-electron chi connectivity index (χ0n) is 13.5. The lowest BCUT2D eigenvalue weighted by atomic mass is 9.42. The van der Waals surface area contributed by atoms with Gasteiger partial charge >= 0.3 is 6.09 Å². The minimum Gasteiger partial charge on any atom is -0.465 e. The van der Waals surface area contributed by atoms with Crippen molar-refractivity contribution in [1.82, 2.24) is 14.3 Å².